The van der Waals surface area contributed by atoms with Crippen LogP contribution in [0.5, 0.6) is 5.75 Å². The van der Waals surface area contributed by atoms with Gasteiger partial charge in [-0.15, -0.1) is 0 Å². The number of ether oxygens (including phenoxy) is 1. The molecule has 1 aliphatic rings. The summed E-state index contributed by atoms with van der Waals surface area (Å²) in [6.07, 6.45) is 1.89. The van der Waals surface area contributed by atoms with Crippen molar-refractivity contribution in [2.75, 3.05) is 7.11 Å². The lowest BCUT2D eigenvalue weighted by atomic mass is 10.1. The summed E-state index contributed by atoms with van der Waals surface area (Å²) in [6.45, 7) is 0. The number of methoxy groups -OCH3 is 1. The van der Waals surface area contributed by atoms with E-state index in [-0.39, 0.29) is 17.6 Å². The van der Waals surface area contributed by atoms with Gasteiger partial charge in [0.2, 0.25) is 0 Å². The summed E-state index contributed by atoms with van der Waals surface area (Å²) in [6, 6.07) is 7.69. The number of carbonyl (C=O) groups is 1. The van der Waals surface area contributed by atoms with E-state index in [1.54, 1.807) is 22.8 Å². The molecule has 1 fully saturated rings. The molecule has 20 heavy (non-hydrogen) atoms. The van der Waals surface area contributed by atoms with Crippen molar-refractivity contribution in [3.05, 3.63) is 41.8 Å². The van der Waals surface area contributed by atoms with Gasteiger partial charge < -0.3 is 14.4 Å². The smallest absolute Gasteiger partial charge is 0.352 e. The van der Waals surface area contributed by atoms with Crippen LogP contribution in [-0.2, 0) is 0 Å². The first-order valence-electron chi connectivity index (χ1n) is 6.40. The molecule has 0 bridgehead atoms. The second-order valence-corrected chi connectivity index (χ2v) is 4.85. The highest BCUT2D eigenvalue weighted by molar-refractivity contribution is 5.88. The van der Waals surface area contributed by atoms with Crippen LogP contribution >= 0.6 is 0 Å². The Labute approximate surface area is 115 Å². The van der Waals surface area contributed by atoms with Gasteiger partial charge in [-0.3, -0.25) is 0 Å². The van der Waals surface area contributed by atoms with E-state index < -0.39 is 5.97 Å². The molecule has 1 heterocycles. The number of aromatic carboxylic acids is 1. The molecule has 0 unspecified atom stereocenters. The van der Waals surface area contributed by atoms with Gasteiger partial charge in [-0.25, -0.2) is 9.18 Å². The number of benzene rings is 1. The van der Waals surface area contributed by atoms with Crippen molar-refractivity contribution >= 4 is 5.97 Å². The molecule has 0 aliphatic heterocycles. The summed E-state index contributed by atoms with van der Waals surface area (Å²) in [7, 11) is 1.51. The quantitative estimate of drug-likeness (QED) is 0.931. The third-order valence-corrected chi connectivity index (χ3v) is 3.49. The van der Waals surface area contributed by atoms with Crippen LogP contribution < -0.4 is 4.74 Å². The first-order valence-corrected chi connectivity index (χ1v) is 6.40. The molecule has 0 atom stereocenters. The first kappa shape index (κ1) is 12.7. The molecule has 0 spiro atoms. The number of rotatable bonds is 4. The van der Waals surface area contributed by atoms with Crippen LogP contribution in [-0.4, -0.2) is 22.8 Å². The Morgan fingerprint density at radius 3 is 2.70 bits per heavy atom. The van der Waals surface area contributed by atoms with E-state index in [4.69, 9.17) is 4.74 Å². The number of carboxylic acids is 1. The van der Waals surface area contributed by atoms with E-state index in [2.05, 4.69) is 0 Å². The molecule has 1 saturated carbocycles. The van der Waals surface area contributed by atoms with Crippen molar-refractivity contribution in [3.8, 4) is 17.0 Å². The summed E-state index contributed by atoms with van der Waals surface area (Å²) < 4.78 is 20.5. The predicted molar refractivity (Wildman–Crippen MR) is 71.6 cm³/mol. The number of hydrogen-bond donors (Lipinski definition) is 1. The standard InChI is InChI=1S/C15H14FNO3/c1-20-14-7-2-9(16)8-11(14)12-5-6-13(15(18)19)17(12)10-3-4-10/h2,5-8,10H,3-4H2,1H3,(H,18,19). The third-order valence-electron chi connectivity index (χ3n) is 3.49. The Bertz CT molecular complexity index is 674. The molecule has 4 nitrogen and oxygen atoms in total. The molecule has 0 amide bonds. The highest BCUT2D eigenvalue weighted by atomic mass is 19.1. The Balaban J connectivity index is 2.20. The topological polar surface area (TPSA) is 51.5 Å². The van der Waals surface area contributed by atoms with Crippen molar-refractivity contribution in [3.63, 3.8) is 0 Å². The van der Waals surface area contributed by atoms with Gasteiger partial charge in [0, 0.05) is 11.6 Å². The number of aromatic nitrogens is 1. The molecule has 1 aromatic heterocycles. The minimum Gasteiger partial charge on any atom is -0.496 e. The Hall–Kier alpha value is -2.30. The molecule has 2 aromatic rings. The van der Waals surface area contributed by atoms with Crippen LogP contribution in [0.4, 0.5) is 4.39 Å². The van der Waals surface area contributed by atoms with Crippen molar-refractivity contribution in [1.29, 1.82) is 0 Å². The molecule has 5 heteroatoms. The lowest BCUT2D eigenvalue weighted by Crippen LogP contribution is -2.08. The van der Waals surface area contributed by atoms with Gasteiger partial charge in [0.05, 0.1) is 12.8 Å². The minimum absolute atomic E-state index is 0.180. The fourth-order valence-electron chi connectivity index (χ4n) is 2.45. The van der Waals surface area contributed by atoms with Crippen LogP contribution in [0.25, 0.3) is 11.3 Å². The molecule has 0 saturated heterocycles. The van der Waals surface area contributed by atoms with Crippen LogP contribution in [0.15, 0.2) is 30.3 Å². The zero-order valence-corrected chi connectivity index (χ0v) is 11.0. The van der Waals surface area contributed by atoms with Gasteiger partial charge in [-0.2, -0.15) is 0 Å². The van der Waals surface area contributed by atoms with Gasteiger partial charge in [-0.1, -0.05) is 0 Å². The van der Waals surface area contributed by atoms with Gasteiger partial charge >= 0.3 is 5.97 Å². The van der Waals surface area contributed by atoms with E-state index in [1.807, 2.05) is 0 Å². The largest absolute Gasteiger partial charge is 0.496 e. The zero-order chi connectivity index (χ0) is 14.3. The van der Waals surface area contributed by atoms with Crippen LogP contribution in [0.3, 0.4) is 0 Å². The maximum absolute atomic E-state index is 13.5. The third kappa shape index (κ3) is 2.05. The van der Waals surface area contributed by atoms with E-state index in [1.165, 1.54) is 19.2 Å². The Kier molecular flexibility index (Phi) is 2.97. The maximum atomic E-state index is 13.5. The zero-order valence-electron chi connectivity index (χ0n) is 11.0. The average Bonchev–Trinajstić information content (AvgIpc) is 3.16. The van der Waals surface area contributed by atoms with Gasteiger partial charge in [0.15, 0.2) is 0 Å². The fraction of sp³-hybridized carbons (Fsp3) is 0.267. The number of carboxylic acid groups (broad SMARTS) is 1. The number of hydrogen-bond acceptors (Lipinski definition) is 2. The van der Waals surface area contributed by atoms with E-state index in [0.29, 0.717) is 17.0 Å². The van der Waals surface area contributed by atoms with Crippen molar-refractivity contribution in [2.45, 2.75) is 18.9 Å². The van der Waals surface area contributed by atoms with E-state index in [0.717, 1.165) is 12.8 Å². The minimum atomic E-state index is -0.974. The fourth-order valence-corrected chi connectivity index (χ4v) is 2.45. The highest BCUT2D eigenvalue weighted by Crippen LogP contribution is 2.42. The maximum Gasteiger partial charge on any atom is 0.352 e. The lowest BCUT2D eigenvalue weighted by molar-refractivity contribution is 0.0685. The normalized spacial score (nSPS) is 14.3. The lowest BCUT2D eigenvalue weighted by Gasteiger charge is -2.13. The average molecular weight is 275 g/mol. The van der Waals surface area contributed by atoms with Crippen molar-refractivity contribution in [2.24, 2.45) is 0 Å². The summed E-state index contributed by atoms with van der Waals surface area (Å²) in [5.74, 6) is -0.817. The van der Waals surface area contributed by atoms with Crippen molar-refractivity contribution < 1.29 is 19.0 Å². The predicted octanol–water partition coefficient (Wildman–Crippen LogP) is 3.34. The molecule has 1 N–H and O–H groups in total. The molecular formula is C15H14FNO3. The van der Waals surface area contributed by atoms with Crippen LogP contribution in [0, 0.1) is 5.82 Å². The van der Waals surface area contributed by atoms with Crippen LogP contribution in [0.2, 0.25) is 0 Å². The summed E-state index contributed by atoms with van der Waals surface area (Å²) in [5, 5.41) is 9.26. The molecular weight excluding hydrogens is 261 g/mol. The second-order valence-electron chi connectivity index (χ2n) is 4.85. The Morgan fingerprint density at radius 1 is 1.35 bits per heavy atom. The Morgan fingerprint density at radius 2 is 2.10 bits per heavy atom. The van der Waals surface area contributed by atoms with Crippen LogP contribution in [0.1, 0.15) is 29.4 Å². The van der Waals surface area contributed by atoms with E-state index >= 15 is 0 Å². The van der Waals surface area contributed by atoms with E-state index in [9.17, 15) is 14.3 Å². The van der Waals surface area contributed by atoms with Gasteiger partial charge in [0.1, 0.15) is 17.3 Å². The first-order chi connectivity index (χ1) is 9.61. The number of nitrogens with zero attached hydrogens (tertiary/aromatic N) is 1. The summed E-state index contributed by atoms with van der Waals surface area (Å²) >= 11 is 0. The van der Waals surface area contributed by atoms with Crippen molar-refractivity contribution in [1.82, 2.24) is 4.57 Å². The van der Waals surface area contributed by atoms with Gasteiger partial charge in [0.25, 0.3) is 0 Å². The molecule has 1 aliphatic carbocycles. The highest BCUT2D eigenvalue weighted by Gasteiger charge is 2.30. The monoisotopic (exact) mass is 275 g/mol. The molecule has 0 radical (unpaired) electrons. The SMILES string of the molecule is COc1ccc(F)cc1-c1ccc(C(=O)O)n1C1CC1. The molecule has 3 rings (SSSR count). The summed E-state index contributed by atoms with van der Waals surface area (Å²) in [5.41, 5.74) is 1.49. The number of halogens is 1. The van der Waals surface area contributed by atoms with Gasteiger partial charge in [-0.05, 0) is 43.2 Å². The molecule has 1 aromatic carbocycles. The molecule has 104 valence electrons. The second kappa shape index (κ2) is 4.67. The summed E-state index contributed by atoms with van der Waals surface area (Å²) in [4.78, 5) is 11.3.